The van der Waals surface area contributed by atoms with Crippen molar-refractivity contribution in [3.8, 4) is 0 Å². The molecule has 1 aliphatic heterocycles. The first-order valence-corrected chi connectivity index (χ1v) is 9.81. The Bertz CT molecular complexity index is 249. The highest BCUT2D eigenvalue weighted by molar-refractivity contribution is 9.09. The predicted molar refractivity (Wildman–Crippen MR) is 85.0 cm³/mol. The molecule has 17 heavy (non-hydrogen) atoms. The van der Waals surface area contributed by atoms with E-state index in [2.05, 4.69) is 22.4 Å². The van der Waals surface area contributed by atoms with E-state index in [1.54, 1.807) is 5.04 Å². The molecular weight excluding hydrogens is 294 g/mol. The van der Waals surface area contributed by atoms with Gasteiger partial charge in [0.25, 0.3) is 0 Å². The van der Waals surface area contributed by atoms with Crippen molar-refractivity contribution in [3.63, 3.8) is 0 Å². The fourth-order valence-electron chi connectivity index (χ4n) is 2.90. The van der Waals surface area contributed by atoms with Gasteiger partial charge in [0.2, 0.25) is 0 Å². The number of hydrogen-bond donors (Lipinski definition) is 1. The molecule has 0 N–H and O–H groups in total. The van der Waals surface area contributed by atoms with Crippen LogP contribution >= 0.6 is 26.8 Å². The lowest BCUT2D eigenvalue weighted by atomic mass is 10.0. The molecular formula is C14H25BrNS. The zero-order valence-corrected chi connectivity index (χ0v) is 13.2. The maximum atomic E-state index is 4.81. The van der Waals surface area contributed by atoms with Crippen molar-refractivity contribution in [1.29, 1.82) is 0 Å². The summed E-state index contributed by atoms with van der Waals surface area (Å²) in [4.78, 5) is 4.81. The van der Waals surface area contributed by atoms with Gasteiger partial charge in [-0.25, -0.2) is 10.9 Å². The van der Waals surface area contributed by atoms with Crippen LogP contribution in [0.5, 0.6) is 0 Å². The Morgan fingerprint density at radius 1 is 1.24 bits per heavy atom. The summed E-state index contributed by atoms with van der Waals surface area (Å²) >= 11 is 3.51. The standard InChI is InChI=1S/C14H25BrNS/c15-10-6-2-5-9-14-16-11-12-17(14)13-7-3-1-4-8-13/h1,13,17H,2-12H2. The highest BCUT2D eigenvalue weighted by Crippen LogP contribution is 2.44. The molecule has 0 saturated heterocycles. The molecule has 0 spiro atoms. The molecule has 1 heterocycles. The molecule has 3 heteroatoms. The number of thiol groups is 1. The summed E-state index contributed by atoms with van der Waals surface area (Å²) in [5, 5.41) is 3.82. The van der Waals surface area contributed by atoms with Gasteiger partial charge in [-0.1, -0.05) is 22.4 Å². The van der Waals surface area contributed by atoms with Crippen molar-refractivity contribution in [2.45, 2.75) is 56.6 Å². The molecule has 1 fully saturated rings. The van der Waals surface area contributed by atoms with E-state index in [1.807, 2.05) is 0 Å². The van der Waals surface area contributed by atoms with Gasteiger partial charge in [0.15, 0.2) is 0 Å². The first-order chi connectivity index (χ1) is 8.42. The van der Waals surface area contributed by atoms with Crippen LogP contribution in [-0.4, -0.2) is 27.9 Å². The van der Waals surface area contributed by atoms with Gasteiger partial charge in [-0.3, -0.25) is 4.99 Å². The molecule has 1 radical (unpaired) electrons. The molecule has 1 saturated carbocycles. The second kappa shape index (κ2) is 7.83. The third kappa shape index (κ3) is 4.27. The van der Waals surface area contributed by atoms with Gasteiger partial charge in [0.1, 0.15) is 0 Å². The Labute approximate surface area is 117 Å². The van der Waals surface area contributed by atoms with E-state index in [0.717, 1.165) is 17.1 Å². The van der Waals surface area contributed by atoms with Gasteiger partial charge in [-0.15, -0.1) is 0 Å². The highest BCUT2D eigenvalue weighted by Gasteiger charge is 2.26. The fraction of sp³-hybridized carbons (Fsp3) is 0.857. The Morgan fingerprint density at radius 2 is 2.06 bits per heavy atom. The van der Waals surface area contributed by atoms with Crippen LogP contribution in [0.3, 0.4) is 0 Å². The third-order valence-corrected chi connectivity index (χ3v) is 7.52. The van der Waals surface area contributed by atoms with Gasteiger partial charge < -0.3 is 0 Å². The predicted octanol–water partition coefficient (Wildman–Crippen LogP) is 4.50. The maximum absolute atomic E-state index is 4.81. The molecule has 2 aliphatic rings. The zero-order chi connectivity index (χ0) is 11.9. The van der Waals surface area contributed by atoms with Crippen LogP contribution in [0.1, 0.15) is 51.4 Å². The Hall–Kier alpha value is 0.500. The Balaban J connectivity index is 1.75. The number of aliphatic imine (C=N–C) groups is 1. The summed E-state index contributed by atoms with van der Waals surface area (Å²) < 4.78 is 0. The van der Waals surface area contributed by atoms with Gasteiger partial charge in [0, 0.05) is 16.9 Å². The molecule has 0 aromatic heterocycles. The second-order valence-electron chi connectivity index (χ2n) is 5.09. The number of rotatable bonds is 6. The summed E-state index contributed by atoms with van der Waals surface area (Å²) in [6, 6.07) is 0. The van der Waals surface area contributed by atoms with Gasteiger partial charge >= 0.3 is 0 Å². The van der Waals surface area contributed by atoms with Crippen molar-refractivity contribution in [2.24, 2.45) is 4.99 Å². The Kier molecular flexibility index (Phi) is 6.41. The average Bonchev–Trinajstić information content (AvgIpc) is 2.84. The number of halogens is 1. The molecule has 1 unspecified atom stereocenters. The summed E-state index contributed by atoms with van der Waals surface area (Å²) in [6.45, 7) is 1.14. The minimum absolute atomic E-state index is 0.171. The first kappa shape index (κ1) is 13.9. The minimum atomic E-state index is 0.171. The SMILES string of the molecule is BrCCCCCC1=NCC[SH]1C1CC[CH]CC1. The summed E-state index contributed by atoms with van der Waals surface area (Å²) in [7, 11) is 0.171. The smallest absolute Gasteiger partial charge is 0.0484 e. The molecule has 99 valence electrons. The van der Waals surface area contributed by atoms with E-state index in [0.29, 0.717) is 0 Å². The molecule has 1 nitrogen and oxygen atoms in total. The number of unbranched alkanes of at least 4 members (excludes halogenated alkanes) is 2. The lowest BCUT2D eigenvalue weighted by Gasteiger charge is -2.31. The van der Waals surface area contributed by atoms with Crippen molar-refractivity contribution in [2.75, 3.05) is 17.6 Å². The minimum Gasteiger partial charge on any atom is -0.284 e. The van der Waals surface area contributed by atoms with Crippen LogP contribution in [0.2, 0.25) is 0 Å². The van der Waals surface area contributed by atoms with Crippen molar-refractivity contribution in [1.82, 2.24) is 0 Å². The maximum Gasteiger partial charge on any atom is 0.0484 e. The monoisotopic (exact) mass is 318 g/mol. The van der Waals surface area contributed by atoms with Crippen LogP contribution in [-0.2, 0) is 0 Å². The molecule has 0 aromatic carbocycles. The van der Waals surface area contributed by atoms with E-state index in [-0.39, 0.29) is 10.9 Å². The van der Waals surface area contributed by atoms with Gasteiger partial charge in [-0.05, 0) is 62.4 Å². The quantitative estimate of drug-likeness (QED) is 0.420. The van der Waals surface area contributed by atoms with Crippen molar-refractivity contribution in [3.05, 3.63) is 6.42 Å². The molecule has 1 atom stereocenters. The highest BCUT2D eigenvalue weighted by atomic mass is 79.9. The van der Waals surface area contributed by atoms with Crippen molar-refractivity contribution < 1.29 is 0 Å². The van der Waals surface area contributed by atoms with Gasteiger partial charge in [-0.2, -0.15) is 0 Å². The topological polar surface area (TPSA) is 12.4 Å². The first-order valence-electron chi connectivity index (χ1n) is 7.09. The molecule has 0 bridgehead atoms. The number of hydrogen-bond acceptors (Lipinski definition) is 1. The van der Waals surface area contributed by atoms with Crippen LogP contribution in [0.15, 0.2) is 4.99 Å². The molecule has 1 aliphatic carbocycles. The summed E-state index contributed by atoms with van der Waals surface area (Å²) in [6.07, 6.45) is 13.5. The zero-order valence-electron chi connectivity index (χ0n) is 10.7. The Morgan fingerprint density at radius 3 is 2.82 bits per heavy atom. The van der Waals surface area contributed by atoms with E-state index in [9.17, 15) is 0 Å². The summed E-state index contributed by atoms with van der Waals surface area (Å²) in [5.41, 5.74) is 0. The fourth-order valence-corrected chi connectivity index (χ4v) is 6.30. The van der Waals surface area contributed by atoms with Crippen LogP contribution in [0.25, 0.3) is 0 Å². The van der Waals surface area contributed by atoms with E-state index >= 15 is 0 Å². The molecule has 2 rings (SSSR count). The number of alkyl halides is 1. The van der Waals surface area contributed by atoms with Crippen LogP contribution < -0.4 is 0 Å². The third-order valence-electron chi connectivity index (χ3n) is 3.85. The van der Waals surface area contributed by atoms with Crippen molar-refractivity contribution >= 4 is 31.9 Å². The van der Waals surface area contributed by atoms with E-state index in [1.165, 1.54) is 57.1 Å². The average molecular weight is 319 g/mol. The summed E-state index contributed by atoms with van der Waals surface area (Å²) in [5.74, 6) is 1.41. The van der Waals surface area contributed by atoms with Crippen LogP contribution in [0, 0.1) is 6.42 Å². The van der Waals surface area contributed by atoms with Crippen LogP contribution in [0.4, 0.5) is 0 Å². The van der Waals surface area contributed by atoms with Gasteiger partial charge in [0.05, 0.1) is 0 Å². The molecule has 0 amide bonds. The van der Waals surface area contributed by atoms with E-state index < -0.39 is 0 Å². The lowest BCUT2D eigenvalue weighted by molar-refractivity contribution is 0.607. The van der Waals surface area contributed by atoms with E-state index in [4.69, 9.17) is 4.99 Å². The normalized spacial score (nSPS) is 28.3. The lowest BCUT2D eigenvalue weighted by Crippen LogP contribution is -2.17. The largest absolute Gasteiger partial charge is 0.284 e. The number of nitrogens with zero attached hydrogens (tertiary/aromatic N) is 1. The molecule has 0 aromatic rings. The second-order valence-corrected chi connectivity index (χ2v) is 8.51.